The van der Waals surface area contributed by atoms with E-state index in [2.05, 4.69) is 5.16 Å². The van der Waals surface area contributed by atoms with E-state index in [4.69, 9.17) is 9.26 Å². The van der Waals surface area contributed by atoms with Gasteiger partial charge in [-0.25, -0.2) is 4.79 Å². The largest absolute Gasteiger partial charge is 0.460 e. The molecule has 0 aliphatic carbocycles. The molecule has 0 fully saturated rings. The molecule has 1 rings (SSSR count). The molecule has 0 bridgehead atoms. The zero-order valence-corrected chi connectivity index (χ0v) is 7.16. The Morgan fingerprint density at radius 3 is 2.92 bits per heavy atom. The highest BCUT2D eigenvalue weighted by Crippen LogP contribution is 2.05. The first-order valence-corrected chi connectivity index (χ1v) is 3.90. The Morgan fingerprint density at radius 2 is 2.42 bits per heavy atom. The minimum absolute atomic E-state index is 0.175. The lowest BCUT2D eigenvalue weighted by Gasteiger charge is -1.94. The van der Waals surface area contributed by atoms with E-state index in [1.54, 1.807) is 13.0 Å². The molecule has 0 atom stereocenters. The molecule has 0 N–H and O–H groups in total. The van der Waals surface area contributed by atoms with Gasteiger partial charge in [0.1, 0.15) is 0 Å². The van der Waals surface area contributed by atoms with E-state index < -0.39 is 5.97 Å². The van der Waals surface area contributed by atoms with Crippen molar-refractivity contribution < 1.29 is 14.1 Å². The first kappa shape index (κ1) is 8.77. The molecule has 4 nitrogen and oxygen atoms in total. The molecule has 0 amide bonds. The van der Waals surface area contributed by atoms with Gasteiger partial charge < -0.3 is 9.26 Å². The van der Waals surface area contributed by atoms with Crippen molar-refractivity contribution in [2.75, 3.05) is 6.61 Å². The quantitative estimate of drug-likeness (QED) is 0.642. The summed E-state index contributed by atoms with van der Waals surface area (Å²) < 4.78 is 9.46. The number of hydrogen-bond acceptors (Lipinski definition) is 4. The maximum absolute atomic E-state index is 11.0. The van der Waals surface area contributed by atoms with E-state index in [1.807, 2.05) is 6.92 Å². The molecular weight excluding hydrogens is 158 g/mol. The van der Waals surface area contributed by atoms with Gasteiger partial charge in [-0.3, -0.25) is 0 Å². The highest BCUT2D eigenvalue weighted by atomic mass is 16.6. The lowest BCUT2D eigenvalue weighted by atomic mass is 10.3. The number of carbonyl (C=O) groups excluding carboxylic acids is 1. The predicted molar refractivity (Wildman–Crippen MR) is 41.8 cm³/mol. The molecule has 0 radical (unpaired) electrons. The maximum atomic E-state index is 11.0. The van der Waals surface area contributed by atoms with E-state index in [-0.39, 0.29) is 5.76 Å². The van der Waals surface area contributed by atoms with Crippen LogP contribution in [-0.2, 0) is 11.2 Å². The van der Waals surface area contributed by atoms with Gasteiger partial charge in [0.2, 0.25) is 5.76 Å². The van der Waals surface area contributed by atoms with Gasteiger partial charge in [0.05, 0.1) is 12.3 Å². The summed E-state index contributed by atoms with van der Waals surface area (Å²) in [7, 11) is 0. The molecule has 0 aliphatic rings. The van der Waals surface area contributed by atoms with Crippen molar-refractivity contribution in [1.29, 1.82) is 0 Å². The summed E-state index contributed by atoms with van der Waals surface area (Å²) in [5.41, 5.74) is 0.762. The van der Waals surface area contributed by atoms with Crippen molar-refractivity contribution in [3.8, 4) is 0 Å². The zero-order chi connectivity index (χ0) is 8.97. The van der Waals surface area contributed by atoms with Crippen molar-refractivity contribution in [3.05, 3.63) is 17.5 Å². The maximum Gasteiger partial charge on any atom is 0.377 e. The minimum Gasteiger partial charge on any atom is -0.460 e. The van der Waals surface area contributed by atoms with Crippen molar-refractivity contribution in [3.63, 3.8) is 0 Å². The lowest BCUT2D eigenvalue weighted by Crippen LogP contribution is -2.02. The Bertz CT molecular complexity index is 267. The van der Waals surface area contributed by atoms with Crippen LogP contribution >= 0.6 is 0 Å². The monoisotopic (exact) mass is 169 g/mol. The van der Waals surface area contributed by atoms with Gasteiger partial charge in [0.25, 0.3) is 0 Å². The van der Waals surface area contributed by atoms with Gasteiger partial charge in [-0.2, -0.15) is 0 Å². The summed E-state index contributed by atoms with van der Waals surface area (Å²) in [6, 6.07) is 1.60. The van der Waals surface area contributed by atoms with Gasteiger partial charge in [-0.15, -0.1) is 0 Å². The van der Waals surface area contributed by atoms with E-state index in [0.717, 1.165) is 12.1 Å². The van der Waals surface area contributed by atoms with E-state index in [9.17, 15) is 4.79 Å². The van der Waals surface area contributed by atoms with Crippen LogP contribution in [0.15, 0.2) is 10.6 Å². The average molecular weight is 169 g/mol. The fourth-order valence-electron chi connectivity index (χ4n) is 0.777. The third-order valence-electron chi connectivity index (χ3n) is 1.40. The molecule has 0 unspecified atom stereocenters. The number of aromatic nitrogens is 1. The Kier molecular flexibility index (Phi) is 2.85. The van der Waals surface area contributed by atoms with E-state index in [1.165, 1.54) is 0 Å². The normalized spacial score (nSPS) is 9.83. The topological polar surface area (TPSA) is 52.3 Å². The summed E-state index contributed by atoms with van der Waals surface area (Å²) in [6.45, 7) is 4.03. The standard InChI is InChI=1S/C8H11NO3/c1-3-6-5-7(12-9-6)8(10)11-4-2/h5H,3-4H2,1-2H3. The van der Waals surface area contributed by atoms with Gasteiger partial charge >= 0.3 is 5.97 Å². The fraction of sp³-hybridized carbons (Fsp3) is 0.500. The van der Waals surface area contributed by atoms with Crippen molar-refractivity contribution in [1.82, 2.24) is 5.16 Å². The number of hydrogen-bond donors (Lipinski definition) is 0. The van der Waals surface area contributed by atoms with Crippen molar-refractivity contribution in [2.24, 2.45) is 0 Å². The third-order valence-corrected chi connectivity index (χ3v) is 1.40. The Hall–Kier alpha value is -1.32. The smallest absolute Gasteiger partial charge is 0.377 e. The third kappa shape index (κ3) is 1.84. The predicted octanol–water partition coefficient (Wildman–Crippen LogP) is 1.41. The van der Waals surface area contributed by atoms with Crippen LogP contribution in [0.2, 0.25) is 0 Å². The number of aryl methyl sites for hydroxylation is 1. The van der Waals surface area contributed by atoms with Crippen LogP contribution in [0, 0.1) is 0 Å². The summed E-state index contributed by atoms with van der Waals surface area (Å²) in [5, 5.41) is 3.66. The van der Waals surface area contributed by atoms with Crippen LogP contribution in [0.25, 0.3) is 0 Å². The number of carbonyl (C=O) groups is 1. The second kappa shape index (κ2) is 3.90. The molecule has 4 heteroatoms. The van der Waals surface area contributed by atoms with Crippen molar-refractivity contribution in [2.45, 2.75) is 20.3 Å². The Labute approximate surface area is 70.5 Å². The minimum atomic E-state index is -0.454. The molecule has 0 spiro atoms. The molecule has 0 aliphatic heterocycles. The number of esters is 1. The van der Waals surface area contributed by atoms with Crippen molar-refractivity contribution >= 4 is 5.97 Å². The molecule has 1 aromatic heterocycles. The summed E-state index contributed by atoms with van der Waals surface area (Å²) in [5.74, 6) is -0.279. The molecule has 0 aromatic carbocycles. The second-order valence-electron chi connectivity index (χ2n) is 2.26. The number of rotatable bonds is 3. The van der Waals surface area contributed by atoms with Gasteiger partial charge in [0.15, 0.2) is 0 Å². The van der Waals surface area contributed by atoms with Crippen LogP contribution in [0.3, 0.4) is 0 Å². The summed E-state index contributed by atoms with van der Waals surface area (Å²) in [4.78, 5) is 11.0. The fourth-order valence-corrected chi connectivity index (χ4v) is 0.777. The van der Waals surface area contributed by atoms with Crippen LogP contribution in [0.5, 0.6) is 0 Å². The first-order valence-electron chi connectivity index (χ1n) is 3.90. The number of ether oxygens (including phenoxy) is 1. The second-order valence-corrected chi connectivity index (χ2v) is 2.26. The SMILES string of the molecule is CCOC(=O)c1cc(CC)no1. The zero-order valence-electron chi connectivity index (χ0n) is 7.16. The van der Waals surface area contributed by atoms with Gasteiger partial charge in [-0.05, 0) is 13.3 Å². The molecule has 12 heavy (non-hydrogen) atoms. The van der Waals surface area contributed by atoms with Gasteiger partial charge in [-0.1, -0.05) is 12.1 Å². The molecule has 66 valence electrons. The van der Waals surface area contributed by atoms with E-state index >= 15 is 0 Å². The Balaban J connectivity index is 2.68. The number of nitrogens with zero attached hydrogens (tertiary/aromatic N) is 1. The molecule has 0 saturated heterocycles. The summed E-state index contributed by atoms with van der Waals surface area (Å²) in [6.07, 6.45) is 0.753. The van der Waals surface area contributed by atoms with Gasteiger partial charge in [0, 0.05) is 6.07 Å². The highest BCUT2D eigenvalue weighted by Gasteiger charge is 2.12. The average Bonchev–Trinajstić information content (AvgIpc) is 2.52. The van der Waals surface area contributed by atoms with Crippen LogP contribution in [-0.4, -0.2) is 17.7 Å². The van der Waals surface area contributed by atoms with Crippen LogP contribution in [0.4, 0.5) is 0 Å². The molecule has 0 saturated carbocycles. The van der Waals surface area contributed by atoms with Crippen LogP contribution in [0.1, 0.15) is 30.1 Å². The Morgan fingerprint density at radius 1 is 1.67 bits per heavy atom. The van der Waals surface area contributed by atoms with E-state index in [0.29, 0.717) is 6.61 Å². The summed E-state index contributed by atoms with van der Waals surface area (Å²) >= 11 is 0. The first-order chi connectivity index (χ1) is 5.77. The lowest BCUT2D eigenvalue weighted by molar-refractivity contribution is 0.0479. The molecular formula is C8H11NO3. The van der Waals surface area contributed by atoms with Crippen LogP contribution < -0.4 is 0 Å². The molecule has 1 heterocycles. The molecule has 1 aromatic rings. The highest BCUT2D eigenvalue weighted by molar-refractivity contribution is 5.86.